The van der Waals surface area contributed by atoms with Gasteiger partial charge >= 0.3 is 0 Å². The zero-order chi connectivity index (χ0) is 24.4. The van der Waals surface area contributed by atoms with Crippen LogP contribution in [0.5, 0.6) is 11.5 Å². The van der Waals surface area contributed by atoms with Gasteiger partial charge in [0.2, 0.25) is 5.91 Å². The molecular formula is C30H25NO4. The van der Waals surface area contributed by atoms with Crippen molar-refractivity contribution in [3.63, 3.8) is 0 Å². The number of carbonyl (C=O) groups excluding carboxylic acids is 1. The van der Waals surface area contributed by atoms with Crippen LogP contribution in [0.15, 0.2) is 95.6 Å². The number of allylic oxidation sites excluding steroid dienone is 1. The van der Waals surface area contributed by atoms with Crippen molar-refractivity contribution >= 4 is 38.9 Å². The fraction of sp³-hybridized carbons (Fsp3) is 0.100. The standard InChI is InChI=1S/C30H25NO4/c1-19(14-30(32)31-26-10-6-7-11-27(26)33-2)23-16-24-25(18-35-29(24)17-28(23)34-3)22-13-12-20-8-4-5-9-21(20)15-22/h4-18H,1-3H3,(H,31,32)/b19-14+. The minimum Gasteiger partial charge on any atom is -0.496 e. The third-order valence-corrected chi connectivity index (χ3v) is 6.09. The number of anilines is 1. The lowest BCUT2D eigenvalue weighted by Gasteiger charge is -2.11. The Labute approximate surface area is 203 Å². The van der Waals surface area contributed by atoms with Gasteiger partial charge in [-0.3, -0.25) is 4.79 Å². The lowest BCUT2D eigenvalue weighted by Crippen LogP contribution is -2.09. The number of amides is 1. The highest BCUT2D eigenvalue weighted by molar-refractivity contribution is 6.06. The molecule has 0 saturated heterocycles. The van der Waals surface area contributed by atoms with E-state index in [1.165, 1.54) is 5.39 Å². The van der Waals surface area contributed by atoms with E-state index in [1.807, 2.05) is 43.3 Å². The highest BCUT2D eigenvalue weighted by Gasteiger charge is 2.15. The number of fused-ring (bicyclic) bond motifs is 2. The molecule has 0 radical (unpaired) electrons. The molecule has 174 valence electrons. The number of rotatable bonds is 6. The smallest absolute Gasteiger partial charge is 0.248 e. The van der Waals surface area contributed by atoms with Gasteiger partial charge in [0.05, 0.1) is 26.2 Å². The lowest BCUT2D eigenvalue weighted by atomic mass is 9.97. The summed E-state index contributed by atoms with van der Waals surface area (Å²) in [6.45, 7) is 1.89. The summed E-state index contributed by atoms with van der Waals surface area (Å²) >= 11 is 0. The molecule has 5 heteroatoms. The number of furan rings is 1. The number of ether oxygens (including phenoxy) is 2. The van der Waals surface area contributed by atoms with E-state index in [1.54, 1.807) is 38.7 Å². The predicted molar refractivity (Wildman–Crippen MR) is 141 cm³/mol. The average Bonchev–Trinajstić information content (AvgIpc) is 3.30. The highest BCUT2D eigenvalue weighted by Crippen LogP contribution is 2.38. The van der Waals surface area contributed by atoms with Crippen molar-refractivity contribution in [2.75, 3.05) is 19.5 Å². The maximum absolute atomic E-state index is 12.8. The van der Waals surface area contributed by atoms with Crippen molar-refractivity contribution in [3.05, 3.63) is 96.8 Å². The summed E-state index contributed by atoms with van der Waals surface area (Å²) < 4.78 is 16.8. The van der Waals surface area contributed by atoms with Crippen LogP contribution >= 0.6 is 0 Å². The molecule has 0 spiro atoms. The molecule has 1 aromatic heterocycles. The van der Waals surface area contributed by atoms with Crippen molar-refractivity contribution in [1.29, 1.82) is 0 Å². The van der Waals surface area contributed by atoms with Gasteiger partial charge in [0, 0.05) is 28.7 Å². The van der Waals surface area contributed by atoms with Crippen LogP contribution in [0, 0.1) is 0 Å². The maximum atomic E-state index is 12.8. The Morgan fingerprint density at radius 2 is 1.60 bits per heavy atom. The number of para-hydroxylation sites is 2. The van der Waals surface area contributed by atoms with Gasteiger partial charge in [-0.2, -0.15) is 0 Å². The largest absolute Gasteiger partial charge is 0.496 e. The molecule has 0 fully saturated rings. The zero-order valence-electron chi connectivity index (χ0n) is 19.8. The fourth-order valence-corrected chi connectivity index (χ4v) is 4.30. The van der Waals surface area contributed by atoms with Gasteiger partial charge in [0.1, 0.15) is 17.1 Å². The molecule has 0 atom stereocenters. The van der Waals surface area contributed by atoms with Crippen LogP contribution in [0.25, 0.3) is 38.4 Å². The van der Waals surface area contributed by atoms with Gasteiger partial charge in [0.25, 0.3) is 0 Å². The molecule has 5 rings (SSSR count). The molecule has 5 aromatic rings. The first-order valence-electron chi connectivity index (χ1n) is 11.3. The topological polar surface area (TPSA) is 60.7 Å². The van der Waals surface area contributed by atoms with Crippen LogP contribution in [-0.4, -0.2) is 20.1 Å². The SMILES string of the molecule is COc1ccccc1NC(=O)/C=C(\C)c1cc2c(-c3ccc4ccccc4c3)coc2cc1OC. The van der Waals surface area contributed by atoms with E-state index in [0.29, 0.717) is 17.2 Å². The number of carbonyl (C=O) groups is 1. The molecule has 0 saturated carbocycles. The quantitative estimate of drug-likeness (QED) is 0.268. The first-order valence-corrected chi connectivity index (χ1v) is 11.3. The third-order valence-electron chi connectivity index (χ3n) is 6.09. The van der Waals surface area contributed by atoms with Crippen molar-refractivity contribution in [2.24, 2.45) is 0 Å². The normalized spacial score (nSPS) is 11.6. The van der Waals surface area contributed by atoms with Gasteiger partial charge < -0.3 is 19.2 Å². The lowest BCUT2D eigenvalue weighted by molar-refractivity contribution is -0.111. The van der Waals surface area contributed by atoms with Gasteiger partial charge in [-0.15, -0.1) is 0 Å². The van der Waals surface area contributed by atoms with Crippen LogP contribution in [0.1, 0.15) is 12.5 Å². The van der Waals surface area contributed by atoms with E-state index in [2.05, 4.69) is 35.6 Å². The summed E-state index contributed by atoms with van der Waals surface area (Å²) in [6.07, 6.45) is 3.33. The van der Waals surface area contributed by atoms with Crippen molar-refractivity contribution in [2.45, 2.75) is 6.92 Å². The van der Waals surface area contributed by atoms with Crippen LogP contribution < -0.4 is 14.8 Å². The summed E-state index contributed by atoms with van der Waals surface area (Å²) in [7, 11) is 3.18. The van der Waals surface area contributed by atoms with E-state index in [4.69, 9.17) is 13.9 Å². The van der Waals surface area contributed by atoms with Crippen LogP contribution in [-0.2, 0) is 4.79 Å². The van der Waals surface area contributed by atoms with Gasteiger partial charge in [-0.25, -0.2) is 0 Å². The molecule has 1 N–H and O–H groups in total. The molecule has 1 amide bonds. The van der Waals surface area contributed by atoms with E-state index < -0.39 is 0 Å². The monoisotopic (exact) mass is 463 g/mol. The predicted octanol–water partition coefficient (Wildman–Crippen LogP) is 7.31. The molecule has 5 nitrogen and oxygen atoms in total. The second kappa shape index (κ2) is 9.39. The summed E-state index contributed by atoms with van der Waals surface area (Å²) in [5.74, 6) is 0.983. The van der Waals surface area contributed by atoms with Gasteiger partial charge in [-0.05, 0) is 53.1 Å². The second-order valence-electron chi connectivity index (χ2n) is 8.28. The molecule has 4 aromatic carbocycles. The summed E-state index contributed by atoms with van der Waals surface area (Å²) in [5, 5.41) is 6.19. The van der Waals surface area contributed by atoms with Crippen LogP contribution in [0.2, 0.25) is 0 Å². The number of nitrogens with one attached hydrogen (secondary N) is 1. The fourth-order valence-electron chi connectivity index (χ4n) is 4.30. The van der Waals surface area contributed by atoms with E-state index in [9.17, 15) is 4.79 Å². The summed E-state index contributed by atoms with van der Waals surface area (Å²) in [6, 6.07) is 25.8. The Hall–Kier alpha value is -4.51. The summed E-state index contributed by atoms with van der Waals surface area (Å²) in [4.78, 5) is 12.8. The Morgan fingerprint density at radius 3 is 2.40 bits per heavy atom. The van der Waals surface area contributed by atoms with Crippen molar-refractivity contribution < 1.29 is 18.7 Å². The Bertz CT molecular complexity index is 1580. The number of hydrogen-bond donors (Lipinski definition) is 1. The maximum Gasteiger partial charge on any atom is 0.248 e. The molecule has 35 heavy (non-hydrogen) atoms. The zero-order valence-corrected chi connectivity index (χ0v) is 19.8. The molecule has 1 heterocycles. The molecule has 0 unspecified atom stereocenters. The highest BCUT2D eigenvalue weighted by atomic mass is 16.5. The van der Waals surface area contributed by atoms with Gasteiger partial charge in [-0.1, -0.05) is 48.5 Å². The molecule has 0 aliphatic heterocycles. The van der Waals surface area contributed by atoms with Crippen molar-refractivity contribution in [3.8, 4) is 22.6 Å². The van der Waals surface area contributed by atoms with E-state index in [-0.39, 0.29) is 5.91 Å². The van der Waals surface area contributed by atoms with E-state index in [0.717, 1.165) is 38.6 Å². The minimum absolute atomic E-state index is 0.254. The third kappa shape index (κ3) is 4.36. The Kier molecular flexibility index (Phi) is 5.98. The molecule has 0 aliphatic carbocycles. The van der Waals surface area contributed by atoms with Crippen molar-refractivity contribution in [1.82, 2.24) is 0 Å². The molecule has 0 aliphatic rings. The molecule has 0 bridgehead atoms. The Balaban J connectivity index is 1.53. The number of benzene rings is 4. The molecular weight excluding hydrogens is 438 g/mol. The number of hydrogen-bond acceptors (Lipinski definition) is 4. The second-order valence-corrected chi connectivity index (χ2v) is 8.28. The average molecular weight is 464 g/mol. The van der Waals surface area contributed by atoms with Gasteiger partial charge in [0.15, 0.2) is 0 Å². The number of methoxy groups -OCH3 is 2. The first kappa shape index (κ1) is 22.3. The van der Waals surface area contributed by atoms with Crippen LogP contribution in [0.4, 0.5) is 5.69 Å². The first-order chi connectivity index (χ1) is 17.1. The minimum atomic E-state index is -0.254. The van der Waals surface area contributed by atoms with E-state index >= 15 is 0 Å². The van der Waals surface area contributed by atoms with Crippen LogP contribution in [0.3, 0.4) is 0 Å². The Morgan fingerprint density at radius 1 is 0.857 bits per heavy atom. The summed E-state index contributed by atoms with van der Waals surface area (Å²) in [5.41, 5.74) is 4.97.